The number of nitrogens with zero attached hydrogens (tertiary/aromatic N) is 5. The normalized spacial score (nSPS) is 17.5. The van der Waals surface area contributed by atoms with Crippen LogP contribution in [0, 0.1) is 6.92 Å². The van der Waals surface area contributed by atoms with Gasteiger partial charge >= 0.3 is 0 Å². The van der Waals surface area contributed by atoms with E-state index in [1.54, 1.807) is 6.20 Å². The Labute approximate surface area is 156 Å². The highest BCUT2D eigenvalue weighted by molar-refractivity contribution is 7.12. The molecule has 0 saturated carbocycles. The zero-order chi connectivity index (χ0) is 18.1. The Balaban J connectivity index is 1.56. The van der Waals surface area contributed by atoms with Gasteiger partial charge in [-0.3, -0.25) is 9.78 Å². The predicted octanol–water partition coefficient (Wildman–Crippen LogP) is 3.27. The molecule has 0 aliphatic carbocycles. The Morgan fingerprint density at radius 1 is 1.31 bits per heavy atom. The van der Waals surface area contributed by atoms with E-state index >= 15 is 0 Å². The minimum atomic E-state index is 0.121. The summed E-state index contributed by atoms with van der Waals surface area (Å²) in [6.45, 7) is 3.47. The lowest BCUT2D eigenvalue weighted by molar-refractivity contribution is 0.0710. The first-order chi connectivity index (χ1) is 12.6. The van der Waals surface area contributed by atoms with Crippen LogP contribution in [0.25, 0.3) is 11.4 Å². The van der Waals surface area contributed by atoms with Crippen LogP contribution in [0.4, 0.5) is 0 Å². The number of hydrogen-bond acceptors (Lipinski definition) is 5. The van der Waals surface area contributed by atoms with Gasteiger partial charge in [0.15, 0.2) is 0 Å². The number of aromatic nitrogens is 4. The van der Waals surface area contributed by atoms with E-state index in [9.17, 15) is 4.79 Å². The molecule has 1 saturated heterocycles. The second-order valence-corrected chi connectivity index (χ2v) is 7.59. The Morgan fingerprint density at radius 3 is 2.92 bits per heavy atom. The van der Waals surface area contributed by atoms with Gasteiger partial charge in [0.25, 0.3) is 5.91 Å². The summed E-state index contributed by atoms with van der Waals surface area (Å²) in [5.41, 5.74) is 2.73. The van der Waals surface area contributed by atoms with Crippen LogP contribution in [-0.4, -0.2) is 43.4 Å². The van der Waals surface area contributed by atoms with Crippen molar-refractivity contribution in [2.24, 2.45) is 7.05 Å². The molecular formula is C19H21N5OS. The molecule has 1 aliphatic heterocycles. The molecule has 3 aromatic heterocycles. The minimum Gasteiger partial charge on any atom is -0.337 e. The number of likely N-dealkylation sites (tertiary alicyclic amines) is 1. The second-order valence-electron chi connectivity index (χ2n) is 6.65. The van der Waals surface area contributed by atoms with Crippen LogP contribution < -0.4 is 0 Å². The van der Waals surface area contributed by atoms with Gasteiger partial charge in [0.1, 0.15) is 11.5 Å². The van der Waals surface area contributed by atoms with Gasteiger partial charge in [-0.2, -0.15) is 0 Å². The summed E-state index contributed by atoms with van der Waals surface area (Å²) in [7, 11) is 1.98. The highest BCUT2D eigenvalue weighted by Crippen LogP contribution is 2.28. The first-order valence-electron chi connectivity index (χ1n) is 8.77. The van der Waals surface area contributed by atoms with E-state index in [1.165, 1.54) is 11.3 Å². The fraction of sp³-hybridized carbons (Fsp3) is 0.368. The predicted molar refractivity (Wildman–Crippen MR) is 101 cm³/mol. The largest absolute Gasteiger partial charge is 0.337 e. The van der Waals surface area contributed by atoms with Gasteiger partial charge in [0, 0.05) is 32.3 Å². The highest BCUT2D eigenvalue weighted by atomic mass is 32.1. The minimum absolute atomic E-state index is 0.121. The average molecular weight is 367 g/mol. The Hall–Kier alpha value is -2.54. The molecule has 134 valence electrons. The molecule has 1 aliphatic rings. The number of carbonyl (C=O) groups is 1. The number of piperidine rings is 1. The Morgan fingerprint density at radius 2 is 2.19 bits per heavy atom. The van der Waals surface area contributed by atoms with Crippen molar-refractivity contribution in [2.45, 2.75) is 25.7 Å². The molecule has 1 atom stereocenters. The molecule has 0 N–H and O–H groups in total. The highest BCUT2D eigenvalue weighted by Gasteiger charge is 2.27. The Kier molecular flexibility index (Phi) is 4.55. The third-order valence-electron chi connectivity index (χ3n) is 4.99. The van der Waals surface area contributed by atoms with Crippen molar-refractivity contribution >= 4 is 17.2 Å². The lowest BCUT2D eigenvalue weighted by Crippen LogP contribution is -2.39. The van der Waals surface area contributed by atoms with Gasteiger partial charge in [-0.05, 0) is 31.2 Å². The molecular weight excluding hydrogens is 346 g/mol. The molecule has 0 bridgehead atoms. The van der Waals surface area contributed by atoms with Gasteiger partial charge in [-0.1, -0.05) is 6.07 Å². The number of imidazole rings is 1. The van der Waals surface area contributed by atoms with Crippen molar-refractivity contribution in [2.75, 3.05) is 13.1 Å². The molecule has 26 heavy (non-hydrogen) atoms. The van der Waals surface area contributed by atoms with Gasteiger partial charge in [0.2, 0.25) is 0 Å². The quantitative estimate of drug-likeness (QED) is 0.713. The Bertz CT molecular complexity index is 918. The molecule has 0 radical (unpaired) electrons. The first kappa shape index (κ1) is 16.9. The van der Waals surface area contributed by atoms with E-state index in [0.29, 0.717) is 6.54 Å². The number of thiophene rings is 1. The molecule has 7 heteroatoms. The molecule has 4 heterocycles. The maximum Gasteiger partial charge on any atom is 0.263 e. The van der Waals surface area contributed by atoms with E-state index in [-0.39, 0.29) is 11.8 Å². The monoisotopic (exact) mass is 367 g/mol. The SMILES string of the molecule is Cc1ncc(-c2cncc([C@@H]3CCCN(C(=O)c4cccs4)C3)n2)n1C. The molecule has 4 rings (SSSR count). The average Bonchev–Trinajstić information content (AvgIpc) is 3.32. The number of carbonyl (C=O) groups excluding carboxylic acids is 1. The molecule has 3 aromatic rings. The first-order valence-corrected chi connectivity index (χ1v) is 9.65. The van der Waals surface area contributed by atoms with Gasteiger partial charge in [-0.25, -0.2) is 9.97 Å². The van der Waals surface area contributed by atoms with Crippen molar-refractivity contribution in [3.8, 4) is 11.4 Å². The lowest BCUT2D eigenvalue weighted by atomic mass is 9.94. The van der Waals surface area contributed by atoms with E-state index in [4.69, 9.17) is 4.98 Å². The second kappa shape index (κ2) is 6.99. The summed E-state index contributed by atoms with van der Waals surface area (Å²) in [5.74, 6) is 1.28. The van der Waals surface area contributed by atoms with Crippen molar-refractivity contribution in [3.05, 3.63) is 52.5 Å². The van der Waals surface area contributed by atoms with E-state index in [0.717, 1.165) is 47.2 Å². The maximum absolute atomic E-state index is 12.7. The zero-order valence-corrected chi connectivity index (χ0v) is 15.7. The number of amides is 1. The summed E-state index contributed by atoms with van der Waals surface area (Å²) in [5, 5.41) is 1.94. The van der Waals surface area contributed by atoms with Crippen molar-refractivity contribution in [1.29, 1.82) is 0 Å². The third kappa shape index (κ3) is 3.14. The topological polar surface area (TPSA) is 63.9 Å². The van der Waals surface area contributed by atoms with Crippen LogP contribution in [-0.2, 0) is 7.05 Å². The van der Waals surface area contributed by atoms with Crippen molar-refractivity contribution < 1.29 is 4.79 Å². The maximum atomic E-state index is 12.7. The molecule has 1 amide bonds. The molecule has 0 unspecified atom stereocenters. The van der Waals surface area contributed by atoms with E-state index in [1.807, 2.05) is 53.3 Å². The fourth-order valence-electron chi connectivity index (χ4n) is 3.40. The lowest BCUT2D eigenvalue weighted by Gasteiger charge is -2.32. The van der Waals surface area contributed by atoms with Crippen LogP contribution in [0.2, 0.25) is 0 Å². The standard InChI is InChI=1S/C19H21N5OS/c1-13-21-11-17(23(13)2)16-10-20-9-15(22-16)14-5-3-7-24(12-14)19(25)18-6-4-8-26-18/h4,6,8-11,14H,3,5,7,12H2,1-2H3/t14-/m1/s1. The van der Waals surface area contributed by atoms with Crippen molar-refractivity contribution in [3.63, 3.8) is 0 Å². The third-order valence-corrected chi connectivity index (χ3v) is 5.85. The zero-order valence-electron chi connectivity index (χ0n) is 14.9. The molecule has 1 fully saturated rings. The number of rotatable bonds is 3. The van der Waals surface area contributed by atoms with Crippen molar-refractivity contribution in [1.82, 2.24) is 24.4 Å². The fourth-order valence-corrected chi connectivity index (χ4v) is 4.09. The van der Waals surface area contributed by atoms with Crippen LogP contribution in [0.15, 0.2) is 36.1 Å². The number of hydrogen-bond donors (Lipinski definition) is 0. The van der Waals surface area contributed by atoms with Crippen LogP contribution in [0.5, 0.6) is 0 Å². The van der Waals surface area contributed by atoms with Gasteiger partial charge < -0.3 is 9.47 Å². The summed E-state index contributed by atoms with van der Waals surface area (Å²) < 4.78 is 2.02. The smallest absolute Gasteiger partial charge is 0.263 e. The van der Waals surface area contributed by atoms with Gasteiger partial charge in [0.05, 0.1) is 28.7 Å². The molecule has 0 spiro atoms. The van der Waals surface area contributed by atoms with Crippen LogP contribution in [0.1, 0.15) is 39.9 Å². The van der Waals surface area contributed by atoms with Crippen LogP contribution in [0.3, 0.4) is 0 Å². The van der Waals surface area contributed by atoms with E-state index < -0.39 is 0 Å². The molecule has 6 nitrogen and oxygen atoms in total. The summed E-state index contributed by atoms with van der Waals surface area (Å²) in [6, 6.07) is 3.81. The summed E-state index contributed by atoms with van der Waals surface area (Å²) in [4.78, 5) is 29.0. The van der Waals surface area contributed by atoms with Gasteiger partial charge in [-0.15, -0.1) is 11.3 Å². The summed E-state index contributed by atoms with van der Waals surface area (Å²) >= 11 is 1.50. The van der Waals surface area contributed by atoms with Crippen LogP contribution >= 0.6 is 11.3 Å². The molecule has 0 aromatic carbocycles. The van der Waals surface area contributed by atoms with E-state index in [2.05, 4.69) is 9.97 Å². The summed E-state index contributed by atoms with van der Waals surface area (Å²) in [6.07, 6.45) is 7.44. The number of aryl methyl sites for hydroxylation is 1.